The number of anilines is 2. The van der Waals surface area contributed by atoms with Gasteiger partial charge in [-0.3, -0.25) is 0 Å². The molecule has 0 radical (unpaired) electrons. The van der Waals surface area contributed by atoms with Crippen molar-refractivity contribution in [2.75, 3.05) is 18.1 Å². The Morgan fingerprint density at radius 2 is 2.05 bits per heavy atom. The van der Waals surface area contributed by atoms with Crippen molar-refractivity contribution in [3.63, 3.8) is 0 Å². The van der Waals surface area contributed by atoms with Crippen LogP contribution in [0.15, 0.2) is 23.1 Å². The quantitative estimate of drug-likeness (QED) is 0.735. The highest BCUT2D eigenvalue weighted by Crippen LogP contribution is 2.30. The first-order chi connectivity index (χ1) is 8.92. The van der Waals surface area contributed by atoms with Crippen LogP contribution in [-0.2, 0) is 10.0 Å². The van der Waals surface area contributed by atoms with Crippen LogP contribution in [0.4, 0.5) is 11.4 Å². The second kappa shape index (κ2) is 5.38. The highest BCUT2D eigenvalue weighted by molar-refractivity contribution is 7.89. The molecule has 2 unspecified atom stereocenters. The van der Waals surface area contributed by atoms with E-state index in [0.29, 0.717) is 23.3 Å². The zero-order valence-corrected chi connectivity index (χ0v) is 12.1. The van der Waals surface area contributed by atoms with E-state index in [1.807, 2.05) is 0 Å². The van der Waals surface area contributed by atoms with E-state index in [2.05, 4.69) is 17.0 Å². The largest absolute Gasteiger partial charge is 0.397 e. The van der Waals surface area contributed by atoms with Gasteiger partial charge in [0.05, 0.1) is 16.3 Å². The fourth-order valence-electron chi connectivity index (χ4n) is 2.50. The van der Waals surface area contributed by atoms with Gasteiger partial charge in [-0.05, 0) is 50.4 Å². The van der Waals surface area contributed by atoms with Gasteiger partial charge in [0, 0.05) is 6.04 Å². The van der Waals surface area contributed by atoms with Crippen molar-refractivity contribution in [3.8, 4) is 0 Å². The van der Waals surface area contributed by atoms with Gasteiger partial charge in [0.1, 0.15) is 0 Å². The number of nitrogen functional groups attached to an aromatic ring is 1. The number of benzene rings is 1. The fraction of sp³-hybridized carbons (Fsp3) is 0.538. The Kier molecular flexibility index (Phi) is 4.01. The highest BCUT2D eigenvalue weighted by atomic mass is 32.2. The summed E-state index contributed by atoms with van der Waals surface area (Å²) in [6, 6.07) is 5.13. The summed E-state index contributed by atoms with van der Waals surface area (Å²) in [5, 5.41) is 3.36. The van der Waals surface area contributed by atoms with Crippen LogP contribution in [-0.4, -0.2) is 21.5 Å². The molecule has 0 bridgehead atoms. The van der Waals surface area contributed by atoms with Crippen LogP contribution in [0.5, 0.6) is 0 Å². The number of nitrogens with one attached hydrogen (secondary N) is 2. The third-order valence-electron chi connectivity index (χ3n) is 3.66. The predicted molar refractivity (Wildman–Crippen MR) is 77.5 cm³/mol. The van der Waals surface area contributed by atoms with Gasteiger partial charge in [-0.2, -0.15) is 0 Å². The van der Waals surface area contributed by atoms with Crippen LogP contribution in [0.1, 0.15) is 26.2 Å². The summed E-state index contributed by atoms with van der Waals surface area (Å²) in [6.45, 7) is 2.23. The standard InChI is InChI=1S/C13H21N3O2S/c1-9-3-4-10(7-9)16-13-8-11(5-6-12(13)14)19(17,18)15-2/h5-6,8-10,15-16H,3-4,7,14H2,1-2H3. The summed E-state index contributed by atoms with van der Waals surface area (Å²) >= 11 is 0. The summed E-state index contributed by atoms with van der Waals surface area (Å²) in [5.41, 5.74) is 7.19. The van der Waals surface area contributed by atoms with Crippen molar-refractivity contribution in [2.45, 2.75) is 37.1 Å². The third kappa shape index (κ3) is 3.19. The van der Waals surface area contributed by atoms with E-state index < -0.39 is 10.0 Å². The Labute approximate surface area is 114 Å². The average Bonchev–Trinajstić information content (AvgIpc) is 2.77. The molecule has 1 saturated carbocycles. The molecular weight excluding hydrogens is 262 g/mol. The van der Waals surface area contributed by atoms with E-state index in [1.54, 1.807) is 12.1 Å². The summed E-state index contributed by atoms with van der Waals surface area (Å²) in [4.78, 5) is 0.234. The molecule has 0 amide bonds. The van der Waals surface area contributed by atoms with E-state index in [1.165, 1.54) is 19.5 Å². The predicted octanol–water partition coefficient (Wildman–Crippen LogP) is 1.78. The maximum atomic E-state index is 11.8. The Hall–Kier alpha value is -1.27. The molecule has 2 rings (SSSR count). The Balaban J connectivity index is 2.23. The van der Waals surface area contributed by atoms with Gasteiger partial charge in [-0.25, -0.2) is 13.1 Å². The van der Waals surface area contributed by atoms with Crippen LogP contribution in [0.3, 0.4) is 0 Å². The van der Waals surface area contributed by atoms with E-state index in [9.17, 15) is 8.42 Å². The lowest BCUT2D eigenvalue weighted by atomic mass is 10.1. The van der Waals surface area contributed by atoms with Crippen LogP contribution in [0.2, 0.25) is 0 Å². The summed E-state index contributed by atoms with van der Waals surface area (Å²) < 4.78 is 25.9. The molecule has 0 aliphatic heterocycles. The average molecular weight is 283 g/mol. The molecule has 0 aromatic heterocycles. The molecule has 1 fully saturated rings. The zero-order valence-electron chi connectivity index (χ0n) is 11.3. The molecule has 6 heteroatoms. The lowest BCUT2D eigenvalue weighted by molar-refractivity contribution is 0.588. The minimum absolute atomic E-state index is 0.234. The van der Waals surface area contributed by atoms with Gasteiger partial charge in [0.15, 0.2) is 0 Å². The van der Waals surface area contributed by atoms with Crippen molar-refractivity contribution in [3.05, 3.63) is 18.2 Å². The number of rotatable bonds is 4. The molecule has 19 heavy (non-hydrogen) atoms. The van der Waals surface area contributed by atoms with E-state index >= 15 is 0 Å². The maximum absolute atomic E-state index is 11.8. The van der Waals surface area contributed by atoms with Crippen LogP contribution in [0, 0.1) is 5.92 Å². The lowest BCUT2D eigenvalue weighted by Crippen LogP contribution is -2.20. The minimum Gasteiger partial charge on any atom is -0.397 e. The molecule has 5 nitrogen and oxygen atoms in total. The van der Waals surface area contributed by atoms with Crippen LogP contribution < -0.4 is 15.8 Å². The van der Waals surface area contributed by atoms with Gasteiger partial charge in [0.25, 0.3) is 0 Å². The first kappa shape index (κ1) is 14.1. The molecule has 0 saturated heterocycles. The minimum atomic E-state index is -3.43. The molecule has 1 aliphatic rings. The first-order valence-electron chi connectivity index (χ1n) is 6.52. The molecular formula is C13H21N3O2S. The molecule has 0 spiro atoms. The number of hydrogen-bond donors (Lipinski definition) is 3. The lowest BCUT2D eigenvalue weighted by Gasteiger charge is -2.17. The van der Waals surface area contributed by atoms with E-state index in [-0.39, 0.29) is 4.90 Å². The molecule has 1 aromatic rings. The Morgan fingerprint density at radius 1 is 1.32 bits per heavy atom. The molecule has 106 valence electrons. The summed E-state index contributed by atoms with van der Waals surface area (Å²) in [6.07, 6.45) is 3.40. The van der Waals surface area contributed by atoms with Gasteiger partial charge in [-0.1, -0.05) is 6.92 Å². The molecule has 4 N–H and O–H groups in total. The Bertz CT molecular complexity index is 557. The summed E-state index contributed by atoms with van der Waals surface area (Å²) in [7, 11) is -2.03. The van der Waals surface area contributed by atoms with Gasteiger partial charge in [0.2, 0.25) is 10.0 Å². The summed E-state index contributed by atoms with van der Waals surface area (Å²) in [5.74, 6) is 0.711. The monoisotopic (exact) mass is 283 g/mol. The first-order valence-corrected chi connectivity index (χ1v) is 8.00. The normalized spacial score (nSPS) is 23.5. The third-order valence-corrected chi connectivity index (χ3v) is 5.07. The van der Waals surface area contributed by atoms with Crippen molar-refractivity contribution in [2.24, 2.45) is 5.92 Å². The smallest absolute Gasteiger partial charge is 0.240 e. The van der Waals surface area contributed by atoms with Crippen LogP contribution >= 0.6 is 0 Å². The molecule has 1 aromatic carbocycles. The molecule has 0 heterocycles. The van der Waals surface area contributed by atoms with E-state index in [4.69, 9.17) is 5.73 Å². The topological polar surface area (TPSA) is 84.2 Å². The van der Waals surface area contributed by atoms with Crippen molar-refractivity contribution in [1.29, 1.82) is 0 Å². The number of sulfonamides is 1. The van der Waals surface area contributed by atoms with Crippen LogP contribution in [0.25, 0.3) is 0 Å². The van der Waals surface area contributed by atoms with Gasteiger partial charge < -0.3 is 11.1 Å². The van der Waals surface area contributed by atoms with Crippen molar-refractivity contribution >= 4 is 21.4 Å². The number of nitrogens with two attached hydrogens (primary N) is 1. The van der Waals surface area contributed by atoms with Crippen molar-refractivity contribution in [1.82, 2.24) is 4.72 Å². The molecule has 2 atom stereocenters. The second-order valence-corrected chi connectivity index (χ2v) is 7.10. The number of hydrogen-bond acceptors (Lipinski definition) is 4. The SMILES string of the molecule is CNS(=O)(=O)c1ccc(N)c(NC2CCC(C)C2)c1. The van der Waals surface area contributed by atoms with Gasteiger partial charge >= 0.3 is 0 Å². The van der Waals surface area contributed by atoms with E-state index in [0.717, 1.165) is 12.8 Å². The van der Waals surface area contributed by atoms with Crippen molar-refractivity contribution < 1.29 is 8.42 Å². The second-order valence-electron chi connectivity index (χ2n) is 5.22. The zero-order chi connectivity index (χ0) is 14.0. The van der Waals surface area contributed by atoms with Gasteiger partial charge in [-0.15, -0.1) is 0 Å². The fourth-order valence-corrected chi connectivity index (χ4v) is 3.26. The maximum Gasteiger partial charge on any atom is 0.240 e. The molecule has 1 aliphatic carbocycles. The highest BCUT2D eigenvalue weighted by Gasteiger charge is 2.22. The Morgan fingerprint density at radius 3 is 2.63 bits per heavy atom.